The van der Waals surface area contributed by atoms with E-state index < -0.39 is 0 Å². The number of nitrogens with one attached hydrogen (secondary N) is 1. The highest BCUT2D eigenvalue weighted by molar-refractivity contribution is 5.95. The summed E-state index contributed by atoms with van der Waals surface area (Å²) in [6.45, 7) is 5.47. The summed E-state index contributed by atoms with van der Waals surface area (Å²) in [4.78, 5) is 15.2. The minimum atomic E-state index is 0. The van der Waals surface area contributed by atoms with Crippen molar-refractivity contribution in [3.05, 3.63) is 59.2 Å². The third-order valence-corrected chi connectivity index (χ3v) is 5.07. The molecule has 0 radical (unpaired) electrons. The molecule has 0 bridgehead atoms. The number of carbonyl (C=O) groups excluding carboxylic acids is 1. The van der Waals surface area contributed by atoms with Crippen molar-refractivity contribution in [1.82, 2.24) is 10.2 Å². The molecule has 4 rings (SSSR count). The molecule has 144 valence electrons. The van der Waals surface area contributed by atoms with E-state index in [-0.39, 0.29) is 24.4 Å². The fourth-order valence-corrected chi connectivity index (χ4v) is 3.56. The summed E-state index contributed by atoms with van der Waals surface area (Å²) < 4.78 is 11.2. The van der Waals surface area contributed by atoms with Gasteiger partial charge in [0.25, 0.3) is 5.91 Å². The third kappa shape index (κ3) is 4.04. The molecule has 1 fully saturated rings. The second-order valence-electron chi connectivity index (χ2n) is 6.67. The maximum atomic E-state index is 13.2. The molecule has 1 N–H and O–H groups in total. The molecule has 2 heterocycles. The van der Waals surface area contributed by atoms with Gasteiger partial charge in [0.15, 0.2) is 11.5 Å². The number of carbonyl (C=O) groups is 1. The summed E-state index contributed by atoms with van der Waals surface area (Å²) in [6, 6.07) is 14.1. The Labute approximate surface area is 166 Å². The number of nitrogens with zero attached hydrogens (tertiary/aromatic N) is 1. The van der Waals surface area contributed by atoms with E-state index >= 15 is 0 Å². The Morgan fingerprint density at radius 3 is 2.59 bits per heavy atom. The van der Waals surface area contributed by atoms with Gasteiger partial charge in [-0.05, 0) is 35.7 Å². The van der Waals surface area contributed by atoms with Crippen molar-refractivity contribution >= 4 is 18.3 Å². The number of ether oxygens (including phenoxy) is 2. The number of hydrogen-bond acceptors (Lipinski definition) is 4. The van der Waals surface area contributed by atoms with Crippen LogP contribution in [0.25, 0.3) is 0 Å². The molecule has 1 saturated heterocycles. The van der Waals surface area contributed by atoms with E-state index in [0.717, 1.165) is 19.5 Å². The molecule has 0 saturated carbocycles. The normalized spacial score (nSPS) is 18.6. The van der Waals surface area contributed by atoms with E-state index in [9.17, 15) is 4.79 Å². The summed E-state index contributed by atoms with van der Waals surface area (Å²) >= 11 is 0. The van der Waals surface area contributed by atoms with Crippen molar-refractivity contribution in [3.63, 3.8) is 0 Å². The molecular formula is C21H25ClN2O3. The summed E-state index contributed by atoms with van der Waals surface area (Å²) in [5, 5.41) is 3.41. The van der Waals surface area contributed by atoms with Crippen LogP contribution in [-0.2, 0) is 6.42 Å². The highest BCUT2D eigenvalue weighted by Crippen LogP contribution is 2.32. The number of hydrogen-bond donors (Lipinski definition) is 1. The topological polar surface area (TPSA) is 50.8 Å². The molecule has 0 spiro atoms. The Hall–Kier alpha value is -2.24. The van der Waals surface area contributed by atoms with Gasteiger partial charge in [-0.25, -0.2) is 0 Å². The predicted octanol–water partition coefficient (Wildman–Crippen LogP) is 3.23. The Balaban J connectivity index is 0.00000210. The minimum Gasteiger partial charge on any atom is -0.486 e. The lowest BCUT2D eigenvalue weighted by Crippen LogP contribution is -2.48. The zero-order chi connectivity index (χ0) is 17.9. The number of amides is 1. The number of piperazine rings is 1. The van der Waals surface area contributed by atoms with Crippen molar-refractivity contribution in [1.29, 1.82) is 0 Å². The number of benzene rings is 2. The first kappa shape index (κ1) is 19.5. The summed E-state index contributed by atoms with van der Waals surface area (Å²) in [5.74, 6) is 1.40. The molecule has 1 unspecified atom stereocenters. The molecule has 2 aromatic rings. The Bertz CT molecular complexity index is 795. The zero-order valence-electron chi connectivity index (χ0n) is 15.4. The van der Waals surface area contributed by atoms with Gasteiger partial charge in [-0.15, -0.1) is 12.4 Å². The molecule has 2 aliphatic heterocycles. The smallest absolute Gasteiger partial charge is 0.254 e. The fraction of sp³-hybridized carbons (Fsp3) is 0.381. The summed E-state index contributed by atoms with van der Waals surface area (Å²) in [5.41, 5.74) is 3.12. The molecule has 5 nitrogen and oxygen atoms in total. The van der Waals surface area contributed by atoms with Gasteiger partial charge < -0.3 is 19.7 Å². The van der Waals surface area contributed by atoms with E-state index in [1.165, 1.54) is 11.1 Å². The average molecular weight is 389 g/mol. The lowest BCUT2D eigenvalue weighted by atomic mass is 10.00. The van der Waals surface area contributed by atoms with E-state index in [2.05, 4.69) is 36.5 Å². The molecular weight excluding hydrogens is 364 g/mol. The van der Waals surface area contributed by atoms with Crippen molar-refractivity contribution in [2.45, 2.75) is 19.4 Å². The van der Waals surface area contributed by atoms with Crippen LogP contribution in [0.3, 0.4) is 0 Å². The van der Waals surface area contributed by atoms with Gasteiger partial charge in [0, 0.05) is 25.2 Å². The van der Waals surface area contributed by atoms with Gasteiger partial charge >= 0.3 is 0 Å². The number of rotatable bonds is 3. The second-order valence-corrected chi connectivity index (χ2v) is 6.67. The molecule has 1 amide bonds. The lowest BCUT2D eigenvalue weighted by Gasteiger charge is -2.37. The zero-order valence-corrected chi connectivity index (χ0v) is 16.3. The van der Waals surface area contributed by atoms with Crippen LogP contribution < -0.4 is 14.8 Å². The van der Waals surface area contributed by atoms with Crippen molar-refractivity contribution in [2.24, 2.45) is 0 Å². The first-order valence-corrected chi connectivity index (χ1v) is 9.26. The molecule has 6 heteroatoms. The van der Waals surface area contributed by atoms with E-state index in [4.69, 9.17) is 9.47 Å². The van der Waals surface area contributed by atoms with Crippen LogP contribution in [0.15, 0.2) is 42.5 Å². The molecule has 0 aromatic heterocycles. The van der Waals surface area contributed by atoms with Gasteiger partial charge in [0.05, 0.1) is 6.04 Å². The van der Waals surface area contributed by atoms with Crippen molar-refractivity contribution in [3.8, 4) is 11.5 Å². The Morgan fingerprint density at radius 2 is 1.85 bits per heavy atom. The monoisotopic (exact) mass is 388 g/mol. The number of halogens is 1. The SMILES string of the molecule is CCc1ccc(C2CNCCN2C(=O)c2ccc3c(c2)OCCO3)cc1.Cl. The highest BCUT2D eigenvalue weighted by atomic mass is 35.5. The van der Waals surface area contributed by atoms with E-state index in [1.807, 2.05) is 17.0 Å². The first-order valence-electron chi connectivity index (χ1n) is 9.26. The van der Waals surface area contributed by atoms with Crippen LogP contribution in [0.2, 0.25) is 0 Å². The highest BCUT2D eigenvalue weighted by Gasteiger charge is 2.29. The minimum absolute atomic E-state index is 0. The van der Waals surface area contributed by atoms with Gasteiger partial charge in [-0.1, -0.05) is 31.2 Å². The van der Waals surface area contributed by atoms with Crippen LogP contribution in [0.5, 0.6) is 11.5 Å². The van der Waals surface area contributed by atoms with Crippen LogP contribution in [0.4, 0.5) is 0 Å². The fourth-order valence-electron chi connectivity index (χ4n) is 3.56. The molecule has 27 heavy (non-hydrogen) atoms. The Morgan fingerprint density at radius 1 is 1.11 bits per heavy atom. The van der Waals surface area contributed by atoms with Crippen molar-refractivity contribution < 1.29 is 14.3 Å². The van der Waals surface area contributed by atoms with E-state index in [1.54, 1.807) is 6.07 Å². The molecule has 1 atom stereocenters. The van der Waals surface area contributed by atoms with E-state index in [0.29, 0.717) is 36.8 Å². The third-order valence-electron chi connectivity index (χ3n) is 5.07. The van der Waals surface area contributed by atoms with Gasteiger partial charge in [-0.3, -0.25) is 4.79 Å². The average Bonchev–Trinajstić information content (AvgIpc) is 2.73. The van der Waals surface area contributed by atoms with Gasteiger partial charge in [0.1, 0.15) is 13.2 Å². The number of fused-ring (bicyclic) bond motifs is 1. The second kappa shape index (κ2) is 8.63. The maximum absolute atomic E-state index is 13.2. The Kier molecular flexibility index (Phi) is 6.24. The van der Waals surface area contributed by atoms with Crippen LogP contribution in [0, 0.1) is 0 Å². The summed E-state index contributed by atoms with van der Waals surface area (Å²) in [6.07, 6.45) is 1.02. The lowest BCUT2D eigenvalue weighted by molar-refractivity contribution is 0.0633. The quantitative estimate of drug-likeness (QED) is 0.877. The van der Waals surface area contributed by atoms with Crippen molar-refractivity contribution in [2.75, 3.05) is 32.8 Å². The predicted molar refractivity (Wildman–Crippen MR) is 107 cm³/mol. The molecule has 0 aliphatic carbocycles. The summed E-state index contributed by atoms with van der Waals surface area (Å²) in [7, 11) is 0. The van der Waals surface area contributed by atoms with Crippen LogP contribution >= 0.6 is 12.4 Å². The maximum Gasteiger partial charge on any atom is 0.254 e. The van der Waals surface area contributed by atoms with Gasteiger partial charge in [-0.2, -0.15) is 0 Å². The van der Waals surface area contributed by atoms with Crippen LogP contribution in [-0.4, -0.2) is 43.7 Å². The first-order chi connectivity index (χ1) is 12.8. The van der Waals surface area contributed by atoms with Gasteiger partial charge in [0.2, 0.25) is 0 Å². The largest absolute Gasteiger partial charge is 0.486 e. The molecule has 2 aliphatic rings. The molecule has 2 aromatic carbocycles. The number of aryl methyl sites for hydroxylation is 1. The van der Waals surface area contributed by atoms with Crippen LogP contribution in [0.1, 0.15) is 34.5 Å². The standard InChI is InChI=1S/C21H24N2O3.ClH/c1-2-15-3-5-16(6-4-15)18-14-22-9-10-23(18)21(24)17-7-8-19-20(13-17)26-12-11-25-19;/h3-8,13,18,22H,2,9-12,14H2,1H3;1H.